The molecule has 0 fully saturated rings. The van der Waals surface area contributed by atoms with Gasteiger partial charge in [-0.15, -0.1) is 10.2 Å². The van der Waals surface area contributed by atoms with Crippen LogP contribution in [0, 0.1) is 5.82 Å². The smallest absolute Gasteiger partial charge is 0.316 e. The summed E-state index contributed by atoms with van der Waals surface area (Å²) in [5, 5.41) is 8.69. The number of ether oxygens (including phenoxy) is 2. The van der Waals surface area contributed by atoms with E-state index < -0.39 is 5.82 Å². The Hall–Kier alpha value is -1.80. The van der Waals surface area contributed by atoms with Crippen molar-refractivity contribution in [1.29, 1.82) is 0 Å². The number of carbonyl (C=O) groups is 1. The minimum Gasteiger partial charge on any atom is -0.484 e. The fourth-order valence-electron chi connectivity index (χ4n) is 1.51. The average Bonchev–Trinajstić information content (AvgIpc) is 2.84. The van der Waals surface area contributed by atoms with Crippen LogP contribution in [0.3, 0.4) is 0 Å². The lowest BCUT2D eigenvalue weighted by atomic mass is 10.3. The lowest BCUT2D eigenvalue weighted by Gasteiger charge is -2.08. The van der Waals surface area contributed by atoms with Gasteiger partial charge in [0.2, 0.25) is 0 Å². The number of carbonyl (C=O) groups excluding carboxylic acids is 1. The van der Waals surface area contributed by atoms with E-state index in [1.807, 2.05) is 0 Å². The number of benzene rings is 1. The number of halogens is 2. The van der Waals surface area contributed by atoms with Crippen LogP contribution in [-0.4, -0.2) is 33.6 Å². The first-order chi connectivity index (χ1) is 10.5. The van der Waals surface area contributed by atoms with Crippen molar-refractivity contribution < 1.29 is 18.7 Å². The minimum atomic E-state index is -0.433. The van der Waals surface area contributed by atoms with Crippen molar-refractivity contribution in [3.63, 3.8) is 0 Å². The van der Waals surface area contributed by atoms with E-state index in [-0.39, 0.29) is 23.4 Å². The van der Waals surface area contributed by atoms with Gasteiger partial charge in [-0.25, -0.2) is 4.39 Å². The van der Waals surface area contributed by atoms with Gasteiger partial charge in [-0.3, -0.25) is 4.79 Å². The van der Waals surface area contributed by atoms with Gasteiger partial charge in [0.25, 0.3) is 0 Å². The Bertz CT molecular complexity index is 681. The maximum atomic E-state index is 13.0. The van der Waals surface area contributed by atoms with Gasteiger partial charge in [-0.1, -0.05) is 23.4 Å². The van der Waals surface area contributed by atoms with Crippen LogP contribution >= 0.6 is 23.4 Å². The van der Waals surface area contributed by atoms with Crippen LogP contribution in [0.15, 0.2) is 23.4 Å². The van der Waals surface area contributed by atoms with E-state index in [1.165, 1.54) is 37.1 Å². The summed E-state index contributed by atoms with van der Waals surface area (Å²) >= 11 is 7.09. The fourth-order valence-corrected chi connectivity index (χ4v) is 2.50. The SMILES string of the molecule is COC(=O)CSc1nnc(COc2ccc(F)cc2Cl)n1C. The molecule has 1 aromatic heterocycles. The Morgan fingerprint density at radius 3 is 2.91 bits per heavy atom. The predicted molar refractivity (Wildman–Crippen MR) is 79.5 cm³/mol. The number of aromatic nitrogens is 3. The zero-order valence-corrected chi connectivity index (χ0v) is 13.4. The molecule has 0 radical (unpaired) electrons. The maximum absolute atomic E-state index is 13.0. The third-order valence-corrected chi connectivity index (χ3v) is 4.01. The molecule has 0 bridgehead atoms. The monoisotopic (exact) mass is 345 g/mol. The number of hydrogen-bond acceptors (Lipinski definition) is 6. The van der Waals surface area contributed by atoms with Crippen molar-refractivity contribution in [3.8, 4) is 5.75 Å². The lowest BCUT2D eigenvalue weighted by molar-refractivity contribution is -0.137. The number of thioether (sulfide) groups is 1. The molecule has 0 atom stereocenters. The van der Waals surface area contributed by atoms with Gasteiger partial charge in [0.15, 0.2) is 11.0 Å². The summed E-state index contributed by atoms with van der Waals surface area (Å²) in [6.45, 7) is 0.119. The van der Waals surface area contributed by atoms with E-state index in [2.05, 4.69) is 14.9 Å². The van der Waals surface area contributed by atoms with Crippen LogP contribution in [0.2, 0.25) is 5.02 Å². The van der Waals surface area contributed by atoms with Crippen LogP contribution in [0.25, 0.3) is 0 Å². The molecule has 1 heterocycles. The number of nitrogens with zero attached hydrogens (tertiary/aromatic N) is 3. The molecular formula is C13H13ClFN3O3S. The van der Waals surface area contributed by atoms with Gasteiger partial charge in [0.05, 0.1) is 17.9 Å². The Labute approximate surface area is 135 Å². The summed E-state index contributed by atoms with van der Waals surface area (Å²) in [6, 6.07) is 3.88. The molecule has 0 aliphatic carbocycles. The van der Waals surface area contributed by atoms with Crippen molar-refractivity contribution in [1.82, 2.24) is 14.8 Å². The molecule has 0 aliphatic rings. The summed E-state index contributed by atoms with van der Waals surface area (Å²) in [6.07, 6.45) is 0. The Morgan fingerprint density at radius 1 is 1.45 bits per heavy atom. The highest BCUT2D eigenvalue weighted by Gasteiger charge is 2.12. The molecule has 0 saturated heterocycles. The topological polar surface area (TPSA) is 66.2 Å². The van der Waals surface area contributed by atoms with E-state index in [0.717, 1.165) is 0 Å². The van der Waals surface area contributed by atoms with Gasteiger partial charge in [0.1, 0.15) is 18.2 Å². The highest BCUT2D eigenvalue weighted by molar-refractivity contribution is 7.99. The van der Waals surface area contributed by atoms with Crippen molar-refractivity contribution in [2.75, 3.05) is 12.9 Å². The van der Waals surface area contributed by atoms with Crippen molar-refractivity contribution >= 4 is 29.3 Å². The van der Waals surface area contributed by atoms with E-state index in [0.29, 0.717) is 16.7 Å². The first-order valence-electron chi connectivity index (χ1n) is 6.17. The fraction of sp³-hybridized carbons (Fsp3) is 0.308. The molecule has 0 amide bonds. The van der Waals surface area contributed by atoms with Gasteiger partial charge in [0, 0.05) is 7.05 Å². The molecule has 0 unspecified atom stereocenters. The Balaban J connectivity index is 1.99. The van der Waals surface area contributed by atoms with Gasteiger partial charge in [-0.2, -0.15) is 0 Å². The summed E-state index contributed by atoms with van der Waals surface area (Å²) in [7, 11) is 3.08. The zero-order valence-electron chi connectivity index (χ0n) is 11.9. The number of hydrogen-bond donors (Lipinski definition) is 0. The third kappa shape index (κ3) is 4.11. The lowest BCUT2D eigenvalue weighted by Crippen LogP contribution is -2.06. The second-order valence-corrected chi connectivity index (χ2v) is 5.54. The molecule has 22 heavy (non-hydrogen) atoms. The molecule has 9 heteroatoms. The number of methoxy groups -OCH3 is 1. The quantitative estimate of drug-likeness (QED) is 0.592. The summed E-state index contributed by atoms with van der Waals surface area (Å²) in [4.78, 5) is 11.1. The first-order valence-corrected chi connectivity index (χ1v) is 7.53. The normalized spacial score (nSPS) is 10.5. The third-order valence-electron chi connectivity index (χ3n) is 2.72. The molecule has 118 valence electrons. The molecule has 2 aromatic rings. The van der Waals surface area contributed by atoms with Crippen LogP contribution in [0.4, 0.5) is 4.39 Å². The van der Waals surface area contributed by atoms with Gasteiger partial charge < -0.3 is 14.0 Å². The molecule has 0 saturated carbocycles. The second kappa shape index (κ2) is 7.46. The van der Waals surface area contributed by atoms with Crippen LogP contribution < -0.4 is 4.74 Å². The van der Waals surface area contributed by atoms with Crippen molar-refractivity contribution in [2.24, 2.45) is 7.05 Å². The highest BCUT2D eigenvalue weighted by atomic mass is 35.5. The molecule has 0 N–H and O–H groups in total. The predicted octanol–water partition coefficient (Wildman–Crippen LogP) is 2.45. The summed E-state index contributed by atoms with van der Waals surface area (Å²) < 4.78 is 24.7. The highest BCUT2D eigenvalue weighted by Crippen LogP contribution is 2.25. The van der Waals surface area contributed by atoms with Crippen LogP contribution in [0.1, 0.15) is 5.82 Å². The van der Waals surface area contributed by atoms with Gasteiger partial charge >= 0.3 is 5.97 Å². The van der Waals surface area contributed by atoms with Crippen molar-refractivity contribution in [2.45, 2.75) is 11.8 Å². The second-order valence-electron chi connectivity index (χ2n) is 4.19. The average molecular weight is 346 g/mol. The van der Waals surface area contributed by atoms with E-state index in [4.69, 9.17) is 16.3 Å². The Morgan fingerprint density at radius 2 is 2.23 bits per heavy atom. The molecular weight excluding hydrogens is 333 g/mol. The molecule has 2 rings (SSSR count). The van der Waals surface area contributed by atoms with Crippen LogP contribution in [-0.2, 0) is 23.2 Å². The number of esters is 1. The van der Waals surface area contributed by atoms with E-state index >= 15 is 0 Å². The standard InChI is InChI=1S/C13H13ClFN3O3S/c1-18-11(16-17-13(18)22-7-12(19)20-2)6-21-10-4-3-8(15)5-9(10)14/h3-5H,6-7H2,1-2H3. The summed E-state index contributed by atoms with van der Waals surface area (Å²) in [5.41, 5.74) is 0. The molecule has 0 spiro atoms. The molecule has 1 aromatic carbocycles. The van der Waals surface area contributed by atoms with E-state index in [1.54, 1.807) is 11.6 Å². The summed E-state index contributed by atoms with van der Waals surface area (Å²) in [5.74, 6) is 0.275. The molecule has 0 aliphatic heterocycles. The van der Waals surface area contributed by atoms with Crippen molar-refractivity contribution in [3.05, 3.63) is 34.9 Å². The minimum absolute atomic E-state index is 0.119. The molecule has 6 nitrogen and oxygen atoms in total. The first kappa shape index (κ1) is 16.6. The number of rotatable bonds is 6. The van der Waals surface area contributed by atoms with Crippen LogP contribution in [0.5, 0.6) is 5.75 Å². The maximum Gasteiger partial charge on any atom is 0.316 e. The van der Waals surface area contributed by atoms with E-state index in [9.17, 15) is 9.18 Å². The largest absolute Gasteiger partial charge is 0.484 e. The van der Waals surface area contributed by atoms with Gasteiger partial charge in [-0.05, 0) is 18.2 Å². The Kier molecular flexibility index (Phi) is 5.62. The zero-order chi connectivity index (χ0) is 16.1.